The van der Waals surface area contributed by atoms with E-state index in [4.69, 9.17) is 0 Å². The topological polar surface area (TPSA) is 8.88 Å². The van der Waals surface area contributed by atoms with E-state index in [9.17, 15) is 0 Å². The van der Waals surface area contributed by atoms with E-state index in [2.05, 4.69) is 75.4 Å². The van der Waals surface area contributed by atoms with Gasteiger partial charge in [0.1, 0.15) is 5.69 Å². The maximum atomic E-state index is 2.37. The zero-order chi connectivity index (χ0) is 17.7. The van der Waals surface area contributed by atoms with Crippen molar-refractivity contribution in [3.05, 3.63) is 65.7 Å². The minimum Gasteiger partial charge on any atom is -1.00 e. The van der Waals surface area contributed by atoms with Gasteiger partial charge in [0.2, 0.25) is 0 Å². The molecule has 2 N–H and O–H groups in total. The SMILES string of the molecule is CC[NH+](CC)CCC[NH+]1CC(CC)(c2ccccc2)c2ccccc21.[Cl-].[Cl-]. The minimum atomic E-state index is 0. The molecule has 1 heterocycles. The van der Waals surface area contributed by atoms with E-state index < -0.39 is 0 Å². The maximum Gasteiger partial charge on any atom is 0.135 e. The molecule has 4 heteroatoms. The van der Waals surface area contributed by atoms with Crippen LogP contribution < -0.4 is 34.6 Å². The van der Waals surface area contributed by atoms with Gasteiger partial charge in [-0.1, -0.05) is 55.5 Å². The molecule has 3 rings (SSSR count). The van der Waals surface area contributed by atoms with Gasteiger partial charge >= 0.3 is 0 Å². The van der Waals surface area contributed by atoms with Gasteiger partial charge in [0.15, 0.2) is 0 Å². The number of fused-ring (bicyclic) bond motifs is 1. The van der Waals surface area contributed by atoms with Crippen molar-refractivity contribution in [1.29, 1.82) is 0 Å². The second kappa shape index (κ2) is 11.1. The van der Waals surface area contributed by atoms with Crippen LogP contribution in [0.2, 0.25) is 0 Å². The molecule has 0 bridgehead atoms. The molecule has 2 nitrogen and oxygen atoms in total. The molecule has 150 valence electrons. The third-order valence-corrected chi connectivity index (χ3v) is 6.28. The van der Waals surface area contributed by atoms with E-state index in [1.807, 2.05) is 0 Å². The van der Waals surface area contributed by atoms with Crippen LogP contribution >= 0.6 is 0 Å². The molecule has 2 atom stereocenters. The highest BCUT2D eigenvalue weighted by Crippen LogP contribution is 2.40. The Morgan fingerprint density at radius 1 is 0.889 bits per heavy atom. The zero-order valence-corrected chi connectivity index (χ0v) is 18.4. The number of hydrogen-bond acceptors (Lipinski definition) is 0. The van der Waals surface area contributed by atoms with Crippen molar-refractivity contribution in [2.75, 3.05) is 32.7 Å². The summed E-state index contributed by atoms with van der Waals surface area (Å²) >= 11 is 0. The molecule has 0 radical (unpaired) electrons. The first-order valence-corrected chi connectivity index (χ1v) is 10.1. The fourth-order valence-electron chi connectivity index (χ4n) is 4.68. The number of hydrogen-bond donors (Lipinski definition) is 2. The van der Waals surface area contributed by atoms with Crippen molar-refractivity contribution in [3.8, 4) is 0 Å². The van der Waals surface area contributed by atoms with Crippen LogP contribution in [0.4, 0.5) is 5.69 Å². The third-order valence-electron chi connectivity index (χ3n) is 6.28. The van der Waals surface area contributed by atoms with Crippen molar-refractivity contribution in [2.24, 2.45) is 0 Å². The van der Waals surface area contributed by atoms with Gasteiger partial charge in [0.05, 0.1) is 38.1 Å². The fraction of sp³-hybridized carbons (Fsp3) is 0.478. The van der Waals surface area contributed by atoms with Gasteiger partial charge in [-0.25, -0.2) is 0 Å². The van der Waals surface area contributed by atoms with Crippen molar-refractivity contribution < 1.29 is 34.6 Å². The summed E-state index contributed by atoms with van der Waals surface area (Å²) in [6.45, 7) is 13.2. The van der Waals surface area contributed by atoms with Gasteiger partial charge in [0, 0.05) is 12.0 Å². The van der Waals surface area contributed by atoms with Crippen LogP contribution in [0.3, 0.4) is 0 Å². The molecule has 0 aliphatic carbocycles. The molecule has 2 unspecified atom stereocenters. The maximum absolute atomic E-state index is 2.37. The molecule has 2 aromatic rings. The molecule has 0 saturated carbocycles. The van der Waals surface area contributed by atoms with E-state index in [0.29, 0.717) is 0 Å². The molecule has 1 aliphatic heterocycles. The standard InChI is InChI=1S/C23H32N2.2ClH/c1-4-23(20-13-8-7-9-14-20)19-25(18-12-17-24(5-2)6-3)22-16-11-10-15-21(22)23;;/h7-11,13-16H,4-6,12,17-19H2,1-3H3;2*1H. The average Bonchev–Trinajstić information content (AvgIpc) is 3.01. The van der Waals surface area contributed by atoms with Crippen LogP contribution in [0.15, 0.2) is 54.6 Å². The smallest absolute Gasteiger partial charge is 0.135 e. The lowest BCUT2D eigenvalue weighted by Crippen LogP contribution is -3.12. The highest BCUT2D eigenvalue weighted by Gasteiger charge is 2.46. The summed E-state index contributed by atoms with van der Waals surface area (Å²) in [6.07, 6.45) is 2.47. The van der Waals surface area contributed by atoms with Crippen LogP contribution in [-0.4, -0.2) is 32.7 Å². The van der Waals surface area contributed by atoms with Crippen LogP contribution in [0.1, 0.15) is 44.7 Å². The molecule has 0 aromatic heterocycles. The van der Waals surface area contributed by atoms with Crippen molar-refractivity contribution >= 4 is 5.69 Å². The van der Waals surface area contributed by atoms with E-state index >= 15 is 0 Å². The molecule has 0 amide bonds. The Labute approximate surface area is 177 Å². The first-order valence-electron chi connectivity index (χ1n) is 10.1. The van der Waals surface area contributed by atoms with Gasteiger partial charge in [-0.3, -0.25) is 0 Å². The third kappa shape index (κ3) is 4.86. The second-order valence-electron chi connectivity index (χ2n) is 7.44. The summed E-state index contributed by atoms with van der Waals surface area (Å²) < 4.78 is 0. The lowest BCUT2D eigenvalue weighted by Gasteiger charge is -2.27. The van der Waals surface area contributed by atoms with E-state index in [-0.39, 0.29) is 30.2 Å². The minimum absolute atomic E-state index is 0. The zero-order valence-electron chi connectivity index (χ0n) is 16.9. The lowest BCUT2D eigenvalue weighted by atomic mass is 9.74. The largest absolute Gasteiger partial charge is 1.00 e. The van der Waals surface area contributed by atoms with Gasteiger partial charge in [-0.2, -0.15) is 0 Å². The Bertz CT molecular complexity index is 673. The predicted octanol–water partition coefficient (Wildman–Crippen LogP) is -3.76. The summed E-state index contributed by atoms with van der Waals surface area (Å²) in [5.74, 6) is 0. The molecule has 27 heavy (non-hydrogen) atoms. The summed E-state index contributed by atoms with van der Waals surface area (Å²) in [4.78, 5) is 3.39. The van der Waals surface area contributed by atoms with Gasteiger partial charge in [0.25, 0.3) is 0 Å². The normalized spacial score (nSPS) is 20.7. The molecule has 1 aliphatic rings. The Morgan fingerprint density at radius 3 is 2.15 bits per heavy atom. The predicted molar refractivity (Wildman–Crippen MR) is 106 cm³/mol. The molecule has 2 aromatic carbocycles. The number of halogens is 2. The van der Waals surface area contributed by atoms with Crippen LogP contribution in [0.25, 0.3) is 0 Å². The monoisotopic (exact) mass is 408 g/mol. The fourth-order valence-corrected chi connectivity index (χ4v) is 4.68. The van der Waals surface area contributed by atoms with Crippen molar-refractivity contribution in [2.45, 2.75) is 39.0 Å². The Kier molecular flexibility index (Phi) is 9.83. The first-order chi connectivity index (χ1) is 12.2. The first kappa shape index (κ1) is 24.0. The van der Waals surface area contributed by atoms with Crippen LogP contribution in [0, 0.1) is 0 Å². The molecule has 0 fully saturated rings. The van der Waals surface area contributed by atoms with E-state index in [1.54, 1.807) is 15.4 Å². The number of nitrogens with one attached hydrogen (secondary N) is 2. The van der Waals surface area contributed by atoms with Crippen molar-refractivity contribution in [1.82, 2.24) is 0 Å². The highest BCUT2D eigenvalue weighted by atomic mass is 35.5. The van der Waals surface area contributed by atoms with E-state index in [1.165, 1.54) is 56.8 Å². The number of rotatable bonds is 8. The number of quaternary nitrogens is 2. The quantitative estimate of drug-likeness (QED) is 0.443. The average molecular weight is 409 g/mol. The van der Waals surface area contributed by atoms with Crippen molar-refractivity contribution in [3.63, 3.8) is 0 Å². The van der Waals surface area contributed by atoms with Gasteiger partial charge < -0.3 is 34.6 Å². The molecular formula is C23H34Cl2N2. The highest BCUT2D eigenvalue weighted by molar-refractivity contribution is 5.53. The Morgan fingerprint density at radius 2 is 1.52 bits per heavy atom. The van der Waals surface area contributed by atoms with Crippen LogP contribution in [-0.2, 0) is 5.41 Å². The summed E-state index contributed by atoms with van der Waals surface area (Å²) in [6, 6.07) is 20.3. The second-order valence-corrected chi connectivity index (χ2v) is 7.44. The van der Waals surface area contributed by atoms with Crippen LogP contribution in [0.5, 0.6) is 0 Å². The molecule has 0 spiro atoms. The Hall–Kier alpha value is -1.06. The summed E-state index contributed by atoms with van der Waals surface area (Å²) in [7, 11) is 0. The van der Waals surface area contributed by atoms with Gasteiger partial charge in [-0.05, 0) is 31.9 Å². The summed E-state index contributed by atoms with van der Waals surface area (Å²) in [5.41, 5.74) is 4.74. The molecular weight excluding hydrogens is 375 g/mol. The number of para-hydroxylation sites is 1. The van der Waals surface area contributed by atoms with Gasteiger partial charge in [-0.15, -0.1) is 0 Å². The van der Waals surface area contributed by atoms with E-state index in [0.717, 1.165) is 0 Å². The summed E-state index contributed by atoms with van der Waals surface area (Å²) in [5, 5.41) is 0. The molecule has 0 saturated heterocycles. The lowest BCUT2D eigenvalue weighted by molar-refractivity contribution is -0.902. The Balaban J connectivity index is 0.00000182. The number of benzene rings is 2.